The zero-order valence-corrected chi connectivity index (χ0v) is 11.4. The van der Waals surface area contributed by atoms with E-state index in [4.69, 9.17) is 0 Å². The Bertz CT molecular complexity index is 628. The number of aryl methyl sites for hydroxylation is 1. The van der Waals surface area contributed by atoms with Crippen molar-refractivity contribution in [2.75, 3.05) is 17.2 Å². The minimum Gasteiger partial charge on any atom is -0.385 e. The maximum Gasteiger partial charge on any atom is 0.257 e. The maximum atomic E-state index is 13.5. The number of aromatic nitrogens is 1. The molecule has 1 heterocycles. The van der Waals surface area contributed by atoms with Gasteiger partial charge in [0.1, 0.15) is 0 Å². The lowest BCUT2D eigenvalue weighted by atomic mass is 10.1. The highest BCUT2D eigenvalue weighted by Gasteiger charge is 2.13. The lowest BCUT2D eigenvalue weighted by Gasteiger charge is -2.12. The smallest absolute Gasteiger partial charge is 0.257 e. The maximum absolute atomic E-state index is 13.5. The molecule has 0 unspecified atom stereocenters. The molecule has 0 fully saturated rings. The molecule has 1 amide bonds. The number of benzene rings is 1. The number of anilines is 2. The minimum absolute atomic E-state index is 0.119. The SMILES string of the molecule is CCNc1cc(C)ccc1C(=O)Nc1ccncc1F. The van der Waals surface area contributed by atoms with Crippen molar-refractivity contribution in [1.29, 1.82) is 0 Å². The van der Waals surface area contributed by atoms with Crippen LogP contribution < -0.4 is 10.6 Å². The molecule has 2 rings (SSSR count). The third kappa shape index (κ3) is 3.12. The van der Waals surface area contributed by atoms with Crippen LogP contribution in [0.2, 0.25) is 0 Å². The zero-order valence-electron chi connectivity index (χ0n) is 11.4. The van der Waals surface area contributed by atoms with Crippen molar-refractivity contribution in [2.24, 2.45) is 0 Å². The van der Waals surface area contributed by atoms with Crippen LogP contribution in [0.15, 0.2) is 36.7 Å². The van der Waals surface area contributed by atoms with Crippen molar-refractivity contribution < 1.29 is 9.18 Å². The second-order valence-electron chi connectivity index (χ2n) is 4.39. The van der Waals surface area contributed by atoms with E-state index in [1.165, 1.54) is 12.3 Å². The molecule has 0 saturated carbocycles. The summed E-state index contributed by atoms with van der Waals surface area (Å²) in [6, 6.07) is 6.88. The van der Waals surface area contributed by atoms with Crippen molar-refractivity contribution in [3.63, 3.8) is 0 Å². The highest BCUT2D eigenvalue weighted by Crippen LogP contribution is 2.20. The first-order chi connectivity index (χ1) is 9.61. The monoisotopic (exact) mass is 273 g/mol. The molecule has 2 N–H and O–H groups in total. The van der Waals surface area contributed by atoms with Crippen LogP contribution in [0.25, 0.3) is 0 Å². The van der Waals surface area contributed by atoms with Gasteiger partial charge in [0.25, 0.3) is 5.91 Å². The van der Waals surface area contributed by atoms with Gasteiger partial charge in [0.2, 0.25) is 0 Å². The number of nitrogens with zero attached hydrogens (tertiary/aromatic N) is 1. The second kappa shape index (κ2) is 6.14. The van der Waals surface area contributed by atoms with E-state index in [2.05, 4.69) is 15.6 Å². The number of amides is 1. The quantitative estimate of drug-likeness (QED) is 0.899. The molecule has 20 heavy (non-hydrogen) atoms. The predicted octanol–water partition coefficient (Wildman–Crippen LogP) is 3.21. The van der Waals surface area contributed by atoms with Crippen molar-refractivity contribution in [2.45, 2.75) is 13.8 Å². The molecule has 2 aromatic rings. The normalized spacial score (nSPS) is 10.2. The van der Waals surface area contributed by atoms with Crippen LogP contribution in [-0.4, -0.2) is 17.4 Å². The topological polar surface area (TPSA) is 54.0 Å². The van der Waals surface area contributed by atoms with E-state index in [0.717, 1.165) is 17.4 Å². The average Bonchev–Trinajstić information content (AvgIpc) is 2.42. The first-order valence-electron chi connectivity index (χ1n) is 6.37. The fourth-order valence-electron chi connectivity index (χ4n) is 1.86. The van der Waals surface area contributed by atoms with Gasteiger partial charge >= 0.3 is 0 Å². The summed E-state index contributed by atoms with van der Waals surface area (Å²) in [7, 11) is 0. The third-order valence-electron chi connectivity index (χ3n) is 2.81. The molecule has 1 aromatic carbocycles. The van der Waals surface area contributed by atoms with Crippen molar-refractivity contribution >= 4 is 17.3 Å². The summed E-state index contributed by atoms with van der Waals surface area (Å²) in [6.45, 7) is 4.60. The molecular weight excluding hydrogens is 257 g/mol. The Labute approximate surface area is 117 Å². The molecule has 0 spiro atoms. The number of carbonyl (C=O) groups is 1. The number of halogens is 1. The summed E-state index contributed by atoms with van der Waals surface area (Å²) in [6.07, 6.45) is 2.50. The predicted molar refractivity (Wildman–Crippen MR) is 77.5 cm³/mol. The van der Waals surface area contributed by atoms with E-state index in [1.54, 1.807) is 6.07 Å². The molecule has 0 aliphatic rings. The number of hydrogen-bond donors (Lipinski definition) is 2. The van der Waals surface area contributed by atoms with Crippen LogP contribution in [0.5, 0.6) is 0 Å². The Balaban J connectivity index is 2.27. The van der Waals surface area contributed by atoms with Gasteiger partial charge in [-0.25, -0.2) is 4.39 Å². The molecule has 4 nitrogen and oxygen atoms in total. The number of rotatable bonds is 4. The van der Waals surface area contributed by atoms with Crippen LogP contribution in [-0.2, 0) is 0 Å². The number of pyridine rings is 1. The largest absolute Gasteiger partial charge is 0.385 e. The molecule has 0 saturated heterocycles. The van der Waals surface area contributed by atoms with Crippen LogP contribution in [0.3, 0.4) is 0 Å². The van der Waals surface area contributed by atoms with Gasteiger partial charge in [-0.3, -0.25) is 9.78 Å². The Morgan fingerprint density at radius 2 is 2.10 bits per heavy atom. The van der Waals surface area contributed by atoms with Gasteiger partial charge in [0.05, 0.1) is 17.4 Å². The lowest BCUT2D eigenvalue weighted by molar-refractivity contribution is 0.102. The first kappa shape index (κ1) is 14.0. The standard InChI is InChI=1S/C15H16FN3O/c1-3-18-14-8-10(2)4-5-11(14)15(20)19-13-6-7-17-9-12(13)16/h4-9,18H,3H2,1-2H3,(H,17,19,20). The second-order valence-corrected chi connectivity index (χ2v) is 4.39. The molecule has 0 aliphatic carbocycles. The fraction of sp³-hybridized carbons (Fsp3) is 0.200. The number of carbonyl (C=O) groups excluding carboxylic acids is 1. The highest BCUT2D eigenvalue weighted by atomic mass is 19.1. The Hall–Kier alpha value is -2.43. The molecule has 0 aliphatic heterocycles. The minimum atomic E-state index is -0.557. The summed E-state index contributed by atoms with van der Waals surface area (Å²) < 4.78 is 13.5. The average molecular weight is 273 g/mol. The van der Waals surface area contributed by atoms with Crippen molar-refractivity contribution in [3.05, 3.63) is 53.6 Å². The van der Waals surface area contributed by atoms with Crippen molar-refractivity contribution in [1.82, 2.24) is 4.98 Å². The van der Waals surface area contributed by atoms with Gasteiger partial charge in [0, 0.05) is 18.4 Å². The highest BCUT2D eigenvalue weighted by molar-refractivity contribution is 6.08. The summed E-state index contributed by atoms with van der Waals surface area (Å²) >= 11 is 0. The first-order valence-corrected chi connectivity index (χ1v) is 6.37. The Morgan fingerprint density at radius 1 is 1.30 bits per heavy atom. The Kier molecular flexibility index (Phi) is 4.30. The lowest BCUT2D eigenvalue weighted by Crippen LogP contribution is -2.15. The molecule has 0 bridgehead atoms. The fourth-order valence-corrected chi connectivity index (χ4v) is 1.86. The molecule has 1 aromatic heterocycles. The van der Waals surface area contributed by atoms with Crippen LogP contribution >= 0.6 is 0 Å². The van der Waals surface area contributed by atoms with E-state index in [9.17, 15) is 9.18 Å². The van der Waals surface area contributed by atoms with Crippen molar-refractivity contribution in [3.8, 4) is 0 Å². The summed E-state index contributed by atoms with van der Waals surface area (Å²) in [4.78, 5) is 15.9. The van der Waals surface area contributed by atoms with Gasteiger partial charge < -0.3 is 10.6 Å². The molecule has 104 valence electrons. The van der Waals surface area contributed by atoms with Gasteiger partial charge in [-0.05, 0) is 37.6 Å². The van der Waals surface area contributed by atoms with Gasteiger partial charge in [-0.1, -0.05) is 6.07 Å². The van der Waals surface area contributed by atoms with E-state index >= 15 is 0 Å². The van der Waals surface area contributed by atoms with Gasteiger partial charge in [0.15, 0.2) is 5.82 Å². The van der Waals surface area contributed by atoms with Crippen LogP contribution in [0.1, 0.15) is 22.8 Å². The van der Waals surface area contributed by atoms with E-state index in [-0.39, 0.29) is 11.6 Å². The molecule has 0 radical (unpaired) electrons. The molecular formula is C15H16FN3O. The Morgan fingerprint density at radius 3 is 2.80 bits per heavy atom. The summed E-state index contributed by atoms with van der Waals surface area (Å²) in [5.74, 6) is -0.913. The van der Waals surface area contributed by atoms with Gasteiger partial charge in [-0.15, -0.1) is 0 Å². The molecule has 5 heteroatoms. The van der Waals surface area contributed by atoms with E-state index in [0.29, 0.717) is 12.1 Å². The number of hydrogen-bond acceptors (Lipinski definition) is 3. The van der Waals surface area contributed by atoms with Crippen LogP contribution in [0, 0.1) is 12.7 Å². The molecule has 0 atom stereocenters. The van der Waals surface area contributed by atoms with Gasteiger partial charge in [-0.2, -0.15) is 0 Å². The van der Waals surface area contributed by atoms with E-state index < -0.39 is 5.82 Å². The summed E-state index contributed by atoms with van der Waals surface area (Å²) in [5.41, 5.74) is 2.38. The van der Waals surface area contributed by atoms with E-state index in [1.807, 2.05) is 26.0 Å². The summed E-state index contributed by atoms with van der Waals surface area (Å²) in [5, 5.41) is 5.68. The zero-order chi connectivity index (χ0) is 14.5. The third-order valence-corrected chi connectivity index (χ3v) is 2.81. The van der Waals surface area contributed by atoms with Crippen LogP contribution in [0.4, 0.5) is 15.8 Å². The number of nitrogens with one attached hydrogen (secondary N) is 2.